The Morgan fingerprint density at radius 1 is 1.21 bits per heavy atom. The number of nitriles is 1. The van der Waals surface area contributed by atoms with E-state index in [0.29, 0.717) is 22.3 Å². The number of benzene rings is 2. The molecule has 0 radical (unpaired) electrons. The van der Waals surface area contributed by atoms with E-state index in [1.807, 2.05) is 12.1 Å². The number of aromatic nitrogens is 2. The van der Waals surface area contributed by atoms with Crippen LogP contribution in [0.15, 0.2) is 54.9 Å². The van der Waals surface area contributed by atoms with Crippen molar-refractivity contribution in [1.29, 1.82) is 5.26 Å². The quantitative estimate of drug-likeness (QED) is 0.499. The highest BCUT2D eigenvalue weighted by atomic mass is 32.2. The molecule has 148 valence electrons. The molecule has 0 aliphatic carbocycles. The Balaban J connectivity index is 1.83. The summed E-state index contributed by atoms with van der Waals surface area (Å²) in [6, 6.07) is 14.3. The molecule has 3 aromatic rings. The molecule has 4 rings (SSSR count). The Hall–Kier alpha value is -3.35. The van der Waals surface area contributed by atoms with Gasteiger partial charge in [0.25, 0.3) is 0 Å². The third-order valence-electron chi connectivity index (χ3n) is 5.29. The van der Waals surface area contributed by atoms with Crippen molar-refractivity contribution in [3.05, 3.63) is 66.0 Å². The fraction of sp³-hybridized carbons (Fsp3) is 0.200. The van der Waals surface area contributed by atoms with E-state index in [-0.39, 0.29) is 24.5 Å². The van der Waals surface area contributed by atoms with Crippen LogP contribution in [-0.4, -0.2) is 47.0 Å². The lowest BCUT2D eigenvalue weighted by Crippen LogP contribution is -2.64. The summed E-state index contributed by atoms with van der Waals surface area (Å²) in [6.45, 7) is 0.323. The molecule has 0 amide bonds. The van der Waals surface area contributed by atoms with Gasteiger partial charge in [0, 0.05) is 36.0 Å². The van der Waals surface area contributed by atoms with Gasteiger partial charge in [-0.25, -0.2) is 8.42 Å². The average molecular weight is 409 g/mol. The van der Waals surface area contributed by atoms with Crippen molar-refractivity contribution in [2.45, 2.75) is 5.54 Å². The molecular weight excluding hydrogens is 390 g/mol. The zero-order valence-corrected chi connectivity index (χ0v) is 16.5. The van der Waals surface area contributed by atoms with Crippen molar-refractivity contribution in [2.75, 3.05) is 25.1 Å². The third-order valence-corrected chi connectivity index (χ3v) is 6.49. The van der Waals surface area contributed by atoms with E-state index in [1.165, 1.54) is 4.31 Å². The minimum atomic E-state index is -3.38. The van der Waals surface area contributed by atoms with Gasteiger partial charge in [-0.1, -0.05) is 30.3 Å². The van der Waals surface area contributed by atoms with E-state index in [2.05, 4.69) is 11.2 Å². The Kier molecular flexibility index (Phi) is 4.33. The summed E-state index contributed by atoms with van der Waals surface area (Å²) in [5.41, 5.74) is 7.57. The van der Waals surface area contributed by atoms with E-state index in [1.54, 1.807) is 47.4 Å². The molecule has 3 N–H and O–H groups in total. The van der Waals surface area contributed by atoms with Crippen molar-refractivity contribution in [1.82, 2.24) is 14.1 Å². The highest BCUT2D eigenvalue weighted by molar-refractivity contribution is 7.88. The predicted molar refractivity (Wildman–Crippen MR) is 108 cm³/mol. The fourth-order valence-corrected chi connectivity index (χ4v) is 4.58. The van der Waals surface area contributed by atoms with Crippen molar-refractivity contribution < 1.29 is 13.5 Å². The molecule has 2 heterocycles. The summed E-state index contributed by atoms with van der Waals surface area (Å²) in [5.74, 6) is -0.0371. The second-order valence-corrected chi connectivity index (χ2v) is 9.12. The van der Waals surface area contributed by atoms with Crippen molar-refractivity contribution >= 4 is 15.7 Å². The lowest BCUT2D eigenvalue weighted by Gasteiger charge is -2.49. The van der Waals surface area contributed by atoms with Gasteiger partial charge in [-0.05, 0) is 12.1 Å². The molecule has 9 heteroatoms. The zero-order chi connectivity index (χ0) is 20.8. The molecule has 0 saturated carbocycles. The molecule has 29 heavy (non-hydrogen) atoms. The molecule has 1 fully saturated rings. The SMILES string of the molecule is CS(=O)(=O)N1CC(c2ccccc2C#N)(n2cc(-c3cccc(N)c3O)cn2)C1. The maximum absolute atomic E-state index is 12.0. The van der Waals surface area contributed by atoms with E-state index in [0.717, 1.165) is 6.26 Å². The molecule has 1 saturated heterocycles. The molecule has 8 nitrogen and oxygen atoms in total. The van der Waals surface area contributed by atoms with Gasteiger partial charge >= 0.3 is 0 Å². The molecule has 0 bridgehead atoms. The number of hydrogen-bond donors (Lipinski definition) is 2. The van der Waals surface area contributed by atoms with Crippen LogP contribution in [0, 0.1) is 11.3 Å². The van der Waals surface area contributed by atoms with E-state index >= 15 is 0 Å². The largest absolute Gasteiger partial charge is 0.505 e. The van der Waals surface area contributed by atoms with E-state index in [4.69, 9.17) is 5.73 Å². The first-order chi connectivity index (χ1) is 13.8. The van der Waals surface area contributed by atoms with Gasteiger partial charge in [0.2, 0.25) is 10.0 Å². The van der Waals surface area contributed by atoms with Crippen LogP contribution >= 0.6 is 0 Å². The van der Waals surface area contributed by atoms with Crippen LogP contribution in [0.2, 0.25) is 0 Å². The minimum Gasteiger partial charge on any atom is -0.505 e. The third kappa shape index (κ3) is 3.03. The number of aromatic hydroxyl groups is 1. The number of nitrogen functional groups attached to an aromatic ring is 1. The van der Waals surface area contributed by atoms with Crippen LogP contribution < -0.4 is 5.73 Å². The van der Waals surface area contributed by atoms with E-state index in [9.17, 15) is 18.8 Å². The number of rotatable bonds is 4. The van der Waals surface area contributed by atoms with Crippen LogP contribution in [0.3, 0.4) is 0 Å². The van der Waals surface area contributed by atoms with E-state index < -0.39 is 15.6 Å². The maximum atomic E-state index is 12.0. The van der Waals surface area contributed by atoms with Gasteiger partial charge < -0.3 is 10.8 Å². The minimum absolute atomic E-state index is 0.0371. The van der Waals surface area contributed by atoms with Crippen molar-refractivity contribution in [3.63, 3.8) is 0 Å². The molecule has 1 aromatic heterocycles. The summed E-state index contributed by atoms with van der Waals surface area (Å²) in [6.07, 6.45) is 4.49. The maximum Gasteiger partial charge on any atom is 0.211 e. The van der Waals surface area contributed by atoms with Gasteiger partial charge in [0.05, 0.1) is 29.8 Å². The van der Waals surface area contributed by atoms with Crippen LogP contribution in [0.5, 0.6) is 5.75 Å². The molecule has 1 aliphatic heterocycles. The molecule has 0 atom stereocenters. The summed E-state index contributed by atoms with van der Waals surface area (Å²) < 4.78 is 27.0. The summed E-state index contributed by atoms with van der Waals surface area (Å²) in [7, 11) is -3.38. The highest BCUT2D eigenvalue weighted by Crippen LogP contribution is 2.40. The lowest BCUT2D eigenvalue weighted by atomic mass is 9.81. The Morgan fingerprint density at radius 2 is 1.93 bits per heavy atom. The van der Waals surface area contributed by atoms with Gasteiger partial charge in [-0.2, -0.15) is 14.7 Å². The fourth-order valence-electron chi connectivity index (χ4n) is 3.69. The van der Waals surface area contributed by atoms with Crippen molar-refractivity contribution in [2.24, 2.45) is 0 Å². The molecular formula is C20H19N5O3S. The standard InChI is InChI=1S/C20H19N5O3S/c1-29(27,28)24-12-20(13-24,17-7-3-2-5-14(17)9-21)25-11-15(10-23-25)16-6-4-8-18(22)19(16)26/h2-8,10-11,26H,12-13,22H2,1H3. The van der Waals surface area contributed by atoms with Crippen LogP contribution in [0.4, 0.5) is 5.69 Å². The average Bonchev–Trinajstić information content (AvgIpc) is 3.12. The number of anilines is 1. The van der Waals surface area contributed by atoms with Crippen LogP contribution in [0.25, 0.3) is 11.1 Å². The Labute approximate surface area is 168 Å². The van der Waals surface area contributed by atoms with Gasteiger partial charge in [0.15, 0.2) is 0 Å². The number of nitrogens with two attached hydrogens (primary N) is 1. The summed E-state index contributed by atoms with van der Waals surface area (Å²) >= 11 is 0. The van der Waals surface area contributed by atoms with Gasteiger partial charge in [-0.15, -0.1) is 0 Å². The number of phenols is 1. The topological polar surface area (TPSA) is 125 Å². The highest BCUT2D eigenvalue weighted by Gasteiger charge is 2.51. The second-order valence-electron chi connectivity index (χ2n) is 7.14. The molecule has 0 spiro atoms. The predicted octanol–water partition coefficient (Wildman–Crippen LogP) is 1.73. The monoisotopic (exact) mass is 409 g/mol. The second kappa shape index (κ2) is 6.62. The van der Waals surface area contributed by atoms with Crippen LogP contribution in [-0.2, 0) is 15.6 Å². The Bertz CT molecular complexity index is 1240. The number of para-hydroxylation sites is 1. The summed E-state index contributed by atoms with van der Waals surface area (Å²) in [4.78, 5) is 0. The summed E-state index contributed by atoms with van der Waals surface area (Å²) in [5, 5.41) is 24.3. The zero-order valence-electron chi connectivity index (χ0n) is 15.6. The smallest absolute Gasteiger partial charge is 0.211 e. The van der Waals surface area contributed by atoms with Gasteiger partial charge in [-0.3, -0.25) is 4.68 Å². The van der Waals surface area contributed by atoms with Crippen LogP contribution in [0.1, 0.15) is 11.1 Å². The number of hydrogen-bond acceptors (Lipinski definition) is 6. The number of sulfonamides is 1. The first-order valence-electron chi connectivity index (χ1n) is 8.84. The normalized spacial score (nSPS) is 16.1. The molecule has 2 aromatic carbocycles. The first kappa shape index (κ1) is 19.0. The lowest BCUT2D eigenvalue weighted by molar-refractivity contribution is 0.108. The Morgan fingerprint density at radius 3 is 2.62 bits per heavy atom. The molecule has 1 aliphatic rings. The van der Waals surface area contributed by atoms with Gasteiger partial charge in [0.1, 0.15) is 11.3 Å². The number of phenolic OH excluding ortho intramolecular Hbond substituents is 1. The molecule has 0 unspecified atom stereocenters. The number of nitrogens with zero attached hydrogens (tertiary/aromatic N) is 4. The first-order valence-corrected chi connectivity index (χ1v) is 10.7. The van der Waals surface area contributed by atoms with Crippen molar-refractivity contribution in [3.8, 4) is 22.9 Å².